The van der Waals surface area contributed by atoms with Crippen molar-refractivity contribution >= 4 is 23.2 Å². The molecule has 2 aromatic carbocycles. The van der Waals surface area contributed by atoms with E-state index in [4.69, 9.17) is 5.73 Å². The van der Waals surface area contributed by atoms with Gasteiger partial charge in [-0.1, -0.05) is 35.9 Å². The van der Waals surface area contributed by atoms with Crippen LogP contribution in [0.5, 0.6) is 0 Å². The van der Waals surface area contributed by atoms with E-state index >= 15 is 0 Å². The Labute approximate surface area is 155 Å². The predicted molar refractivity (Wildman–Crippen MR) is 103 cm³/mol. The van der Waals surface area contributed by atoms with E-state index in [0.717, 1.165) is 21.7 Å². The second-order valence-corrected chi connectivity index (χ2v) is 6.96. The van der Waals surface area contributed by atoms with Crippen LogP contribution < -0.4 is 11.1 Å². The molecule has 3 rings (SSSR count). The van der Waals surface area contributed by atoms with Crippen LogP contribution in [0.3, 0.4) is 0 Å². The Hall–Kier alpha value is -2.99. The lowest BCUT2D eigenvalue weighted by Crippen LogP contribution is -2.23. The van der Waals surface area contributed by atoms with Crippen LogP contribution in [0.25, 0.3) is 10.6 Å². The first-order valence-corrected chi connectivity index (χ1v) is 9.02. The molecule has 0 saturated heterocycles. The molecule has 3 N–H and O–H groups in total. The Balaban J connectivity index is 1.70. The third-order valence-electron chi connectivity index (χ3n) is 4.01. The summed E-state index contributed by atoms with van der Waals surface area (Å²) in [6, 6.07) is 13.0. The van der Waals surface area contributed by atoms with E-state index in [1.165, 1.54) is 16.9 Å². The van der Waals surface area contributed by atoms with Crippen molar-refractivity contribution in [1.82, 2.24) is 10.3 Å². The first-order valence-electron chi connectivity index (χ1n) is 8.14. The first kappa shape index (κ1) is 17.8. The number of benzene rings is 2. The number of amides is 2. The van der Waals surface area contributed by atoms with E-state index < -0.39 is 5.91 Å². The van der Waals surface area contributed by atoms with Gasteiger partial charge < -0.3 is 11.1 Å². The van der Waals surface area contributed by atoms with Crippen LogP contribution in [0.4, 0.5) is 0 Å². The molecule has 0 spiro atoms. The summed E-state index contributed by atoms with van der Waals surface area (Å²) in [5, 5.41) is 5.40. The van der Waals surface area contributed by atoms with Gasteiger partial charge in [-0.15, -0.1) is 11.3 Å². The van der Waals surface area contributed by atoms with Crippen molar-refractivity contribution in [1.29, 1.82) is 0 Å². The zero-order valence-electron chi connectivity index (χ0n) is 14.6. The number of rotatable bonds is 5. The van der Waals surface area contributed by atoms with E-state index in [9.17, 15) is 9.59 Å². The Morgan fingerprint density at radius 3 is 2.69 bits per heavy atom. The SMILES string of the molecule is Cc1ccc(-c2nc(C(=O)NCc3cccc(C(N)=O)c3)cs2)c(C)c1. The zero-order chi connectivity index (χ0) is 18.7. The molecule has 0 aliphatic carbocycles. The predicted octanol–water partition coefficient (Wildman–Crippen LogP) is 3.46. The molecule has 0 aliphatic rings. The fourth-order valence-corrected chi connectivity index (χ4v) is 3.55. The summed E-state index contributed by atoms with van der Waals surface area (Å²) in [7, 11) is 0. The fraction of sp³-hybridized carbons (Fsp3) is 0.150. The van der Waals surface area contributed by atoms with E-state index in [-0.39, 0.29) is 5.91 Å². The molecule has 2 amide bonds. The number of nitrogens with one attached hydrogen (secondary N) is 1. The van der Waals surface area contributed by atoms with E-state index in [2.05, 4.69) is 16.4 Å². The summed E-state index contributed by atoms with van der Waals surface area (Å²) in [4.78, 5) is 28.0. The smallest absolute Gasteiger partial charge is 0.271 e. The fourth-order valence-electron chi connectivity index (χ4n) is 2.66. The molecule has 1 heterocycles. The summed E-state index contributed by atoms with van der Waals surface area (Å²) in [5.41, 5.74) is 10.2. The van der Waals surface area contributed by atoms with Crippen LogP contribution in [0, 0.1) is 13.8 Å². The first-order chi connectivity index (χ1) is 12.4. The number of primary amides is 1. The van der Waals surface area contributed by atoms with E-state index in [0.29, 0.717) is 17.8 Å². The van der Waals surface area contributed by atoms with Gasteiger partial charge in [0.1, 0.15) is 10.7 Å². The van der Waals surface area contributed by atoms with Gasteiger partial charge in [0.05, 0.1) is 0 Å². The van der Waals surface area contributed by atoms with Gasteiger partial charge in [-0.3, -0.25) is 9.59 Å². The van der Waals surface area contributed by atoms with Crippen LogP contribution in [0.1, 0.15) is 37.5 Å². The molecule has 26 heavy (non-hydrogen) atoms. The summed E-state index contributed by atoms with van der Waals surface area (Å²) < 4.78 is 0. The van der Waals surface area contributed by atoms with E-state index in [1.54, 1.807) is 23.6 Å². The number of hydrogen-bond donors (Lipinski definition) is 2. The minimum absolute atomic E-state index is 0.248. The number of thiazole rings is 1. The third kappa shape index (κ3) is 3.97. The van der Waals surface area contributed by atoms with Crippen LogP contribution in [0.2, 0.25) is 0 Å². The molecule has 0 unspecified atom stereocenters. The minimum Gasteiger partial charge on any atom is -0.366 e. The van der Waals surface area contributed by atoms with Crippen molar-refractivity contribution in [2.45, 2.75) is 20.4 Å². The summed E-state index contributed by atoms with van der Waals surface area (Å²) in [6.45, 7) is 4.39. The second-order valence-electron chi connectivity index (χ2n) is 6.10. The molecule has 0 saturated carbocycles. The number of nitrogens with zero attached hydrogens (tertiary/aromatic N) is 1. The van der Waals surface area contributed by atoms with Gasteiger partial charge in [-0.25, -0.2) is 4.98 Å². The maximum atomic E-state index is 12.4. The van der Waals surface area contributed by atoms with Crippen molar-refractivity contribution in [3.05, 3.63) is 75.8 Å². The summed E-state index contributed by atoms with van der Waals surface area (Å²) in [6.07, 6.45) is 0. The van der Waals surface area contributed by atoms with Crippen molar-refractivity contribution < 1.29 is 9.59 Å². The van der Waals surface area contributed by atoms with Gasteiger partial charge in [-0.2, -0.15) is 0 Å². The molecular formula is C20H19N3O2S. The van der Waals surface area contributed by atoms with Gasteiger partial charge >= 0.3 is 0 Å². The van der Waals surface area contributed by atoms with Crippen LogP contribution in [-0.2, 0) is 6.54 Å². The molecule has 132 valence electrons. The highest BCUT2D eigenvalue weighted by molar-refractivity contribution is 7.13. The van der Waals surface area contributed by atoms with Crippen LogP contribution in [0.15, 0.2) is 47.8 Å². The van der Waals surface area contributed by atoms with Crippen LogP contribution in [-0.4, -0.2) is 16.8 Å². The maximum absolute atomic E-state index is 12.4. The normalized spacial score (nSPS) is 10.5. The van der Waals surface area contributed by atoms with Crippen molar-refractivity contribution in [3.63, 3.8) is 0 Å². The lowest BCUT2D eigenvalue weighted by atomic mass is 10.1. The number of hydrogen-bond acceptors (Lipinski definition) is 4. The van der Waals surface area contributed by atoms with Gasteiger partial charge in [-0.05, 0) is 37.1 Å². The topological polar surface area (TPSA) is 85.1 Å². The summed E-state index contributed by atoms with van der Waals surface area (Å²) >= 11 is 1.45. The van der Waals surface area contributed by atoms with Gasteiger partial charge in [0, 0.05) is 23.1 Å². The lowest BCUT2D eigenvalue weighted by molar-refractivity contribution is 0.0946. The molecule has 0 radical (unpaired) electrons. The van der Waals surface area contributed by atoms with Gasteiger partial charge in [0.15, 0.2) is 0 Å². The Bertz CT molecular complexity index is 979. The molecular weight excluding hydrogens is 346 g/mol. The molecule has 5 nitrogen and oxygen atoms in total. The molecule has 1 aromatic heterocycles. The standard InChI is InChI=1S/C20H19N3O2S/c1-12-6-7-16(13(2)8-12)20-23-17(11-26-20)19(25)22-10-14-4-3-5-15(9-14)18(21)24/h3-9,11H,10H2,1-2H3,(H2,21,24)(H,22,25). The van der Waals surface area contributed by atoms with Crippen molar-refractivity contribution in [2.75, 3.05) is 0 Å². The van der Waals surface area contributed by atoms with E-state index in [1.807, 2.05) is 32.0 Å². The highest BCUT2D eigenvalue weighted by atomic mass is 32.1. The Morgan fingerprint density at radius 1 is 1.15 bits per heavy atom. The number of nitrogens with two attached hydrogens (primary N) is 1. The average molecular weight is 365 g/mol. The number of aryl methyl sites for hydroxylation is 2. The lowest BCUT2D eigenvalue weighted by Gasteiger charge is -2.05. The Morgan fingerprint density at radius 2 is 1.96 bits per heavy atom. The summed E-state index contributed by atoms with van der Waals surface area (Å²) in [5.74, 6) is -0.738. The average Bonchev–Trinajstić information content (AvgIpc) is 3.09. The molecule has 0 fully saturated rings. The highest BCUT2D eigenvalue weighted by Gasteiger charge is 2.13. The van der Waals surface area contributed by atoms with Gasteiger partial charge in [0.25, 0.3) is 5.91 Å². The molecule has 0 aliphatic heterocycles. The largest absolute Gasteiger partial charge is 0.366 e. The van der Waals surface area contributed by atoms with Gasteiger partial charge in [0.2, 0.25) is 5.91 Å². The molecule has 6 heteroatoms. The van der Waals surface area contributed by atoms with Crippen LogP contribution >= 0.6 is 11.3 Å². The Kier molecular flexibility index (Phi) is 5.14. The minimum atomic E-state index is -0.490. The maximum Gasteiger partial charge on any atom is 0.271 e. The monoisotopic (exact) mass is 365 g/mol. The molecule has 3 aromatic rings. The quantitative estimate of drug-likeness (QED) is 0.726. The highest BCUT2D eigenvalue weighted by Crippen LogP contribution is 2.27. The number of carbonyl (C=O) groups is 2. The molecule has 0 bridgehead atoms. The third-order valence-corrected chi connectivity index (χ3v) is 4.89. The number of aromatic nitrogens is 1. The molecule has 0 atom stereocenters. The zero-order valence-corrected chi connectivity index (χ0v) is 15.4. The number of carbonyl (C=O) groups excluding carboxylic acids is 2. The van der Waals surface area contributed by atoms with Crippen molar-refractivity contribution in [2.24, 2.45) is 5.73 Å². The second kappa shape index (κ2) is 7.49. The van der Waals surface area contributed by atoms with Crippen molar-refractivity contribution in [3.8, 4) is 10.6 Å².